The number of rotatable bonds is 36. The van der Waals surface area contributed by atoms with E-state index >= 15 is 0 Å². The number of ether oxygens (including phenoxy) is 3. The lowest BCUT2D eigenvalue weighted by Crippen LogP contribution is -2.30. The van der Waals surface area contributed by atoms with Crippen molar-refractivity contribution in [3.63, 3.8) is 0 Å². The summed E-state index contributed by atoms with van der Waals surface area (Å²) in [5, 5.41) is 0. The maximum Gasteiger partial charge on any atom is 0.306 e. The highest BCUT2D eigenvalue weighted by atomic mass is 16.6. The summed E-state index contributed by atoms with van der Waals surface area (Å²) in [6.07, 6.45) is 56.4. The highest BCUT2D eigenvalue weighted by molar-refractivity contribution is 5.71. The van der Waals surface area contributed by atoms with Crippen molar-refractivity contribution in [2.45, 2.75) is 168 Å². The summed E-state index contributed by atoms with van der Waals surface area (Å²) >= 11 is 0. The van der Waals surface area contributed by atoms with Gasteiger partial charge in [-0.15, -0.1) is 0 Å². The van der Waals surface area contributed by atoms with Gasteiger partial charge in [0.05, 0.1) is 0 Å². The Balaban J connectivity index is 4.56. The molecule has 0 aromatic rings. The zero-order chi connectivity index (χ0) is 40.1. The van der Waals surface area contributed by atoms with Crippen LogP contribution in [0.2, 0.25) is 0 Å². The molecule has 55 heavy (non-hydrogen) atoms. The second kappa shape index (κ2) is 42.8. The molecule has 0 aromatic heterocycles. The van der Waals surface area contributed by atoms with Crippen molar-refractivity contribution in [2.75, 3.05) is 13.2 Å². The molecule has 0 aliphatic carbocycles. The Morgan fingerprint density at radius 2 is 0.709 bits per heavy atom. The summed E-state index contributed by atoms with van der Waals surface area (Å²) in [5.41, 5.74) is 0. The summed E-state index contributed by atoms with van der Waals surface area (Å²) in [6, 6.07) is 0. The molecule has 6 heteroatoms. The summed E-state index contributed by atoms with van der Waals surface area (Å²) < 4.78 is 16.6. The van der Waals surface area contributed by atoms with Crippen LogP contribution in [0.15, 0.2) is 109 Å². The van der Waals surface area contributed by atoms with Gasteiger partial charge in [0.15, 0.2) is 6.10 Å². The minimum absolute atomic E-state index is 0.117. The van der Waals surface area contributed by atoms with E-state index in [1.54, 1.807) is 0 Å². The van der Waals surface area contributed by atoms with Crippen molar-refractivity contribution in [1.82, 2.24) is 0 Å². The number of allylic oxidation sites excluding steroid dienone is 18. The normalized spacial score (nSPS) is 13.1. The van der Waals surface area contributed by atoms with E-state index in [1.807, 2.05) is 42.5 Å². The molecule has 0 saturated carbocycles. The molecule has 6 nitrogen and oxygen atoms in total. The lowest BCUT2D eigenvalue weighted by atomic mass is 10.1. The predicted octanol–water partition coefficient (Wildman–Crippen LogP) is 13.6. The van der Waals surface area contributed by atoms with Crippen LogP contribution in [0.3, 0.4) is 0 Å². The van der Waals surface area contributed by atoms with Gasteiger partial charge in [-0.05, 0) is 77.0 Å². The summed E-state index contributed by atoms with van der Waals surface area (Å²) in [4.78, 5) is 37.6. The fourth-order valence-electron chi connectivity index (χ4n) is 5.19. The van der Waals surface area contributed by atoms with Crippen LogP contribution < -0.4 is 0 Å². The molecule has 308 valence electrons. The molecule has 0 heterocycles. The van der Waals surface area contributed by atoms with Crippen molar-refractivity contribution < 1.29 is 28.6 Å². The first-order valence-corrected chi connectivity index (χ1v) is 21.5. The van der Waals surface area contributed by atoms with Crippen molar-refractivity contribution in [1.29, 1.82) is 0 Å². The quantitative estimate of drug-likeness (QED) is 0.0274. The van der Waals surface area contributed by atoms with E-state index in [-0.39, 0.29) is 37.5 Å². The third-order valence-corrected chi connectivity index (χ3v) is 8.43. The summed E-state index contributed by atoms with van der Waals surface area (Å²) in [7, 11) is 0. The van der Waals surface area contributed by atoms with Crippen molar-refractivity contribution in [3.8, 4) is 0 Å². The molecule has 0 aromatic carbocycles. The fourth-order valence-corrected chi connectivity index (χ4v) is 5.19. The summed E-state index contributed by atoms with van der Waals surface area (Å²) in [6.45, 7) is 6.19. The molecular weight excluding hydrogens is 685 g/mol. The molecule has 1 atom stereocenters. The fraction of sp³-hybridized carbons (Fsp3) is 0.571. The first kappa shape index (κ1) is 51.1. The van der Waals surface area contributed by atoms with Gasteiger partial charge in [0.1, 0.15) is 13.2 Å². The van der Waals surface area contributed by atoms with Gasteiger partial charge in [-0.2, -0.15) is 0 Å². The van der Waals surface area contributed by atoms with Gasteiger partial charge in [-0.1, -0.05) is 175 Å². The van der Waals surface area contributed by atoms with Gasteiger partial charge in [-0.25, -0.2) is 0 Å². The molecular formula is C49H76O6. The van der Waals surface area contributed by atoms with Crippen molar-refractivity contribution in [2.24, 2.45) is 0 Å². The second-order valence-electron chi connectivity index (χ2n) is 13.7. The summed E-state index contributed by atoms with van der Waals surface area (Å²) in [5.74, 6) is -1.02. The van der Waals surface area contributed by atoms with Gasteiger partial charge in [0.2, 0.25) is 0 Å². The van der Waals surface area contributed by atoms with Crippen LogP contribution >= 0.6 is 0 Å². The molecule has 0 amide bonds. The smallest absolute Gasteiger partial charge is 0.306 e. The number of carbonyl (C=O) groups is 3. The Kier molecular flexibility index (Phi) is 39.7. The van der Waals surface area contributed by atoms with E-state index in [0.29, 0.717) is 12.8 Å². The molecule has 0 fully saturated rings. The van der Waals surface area contributed by atoms with Crippen LogP contribution in [0, 0.1) is 0 Å². The Morgan fingerprint density at radius 1 is 0.382 bits per heavy atom. The largest absolute Gasteiger partial charge is 0.462 e. The Hall–Kier alpha value is -3.93. The number of esters is 3. The van der Waals surface area contributed by atoms with E-state index in [9.17, 15) is 14.4 Å². The van der Waals surface area contributed by atoms with Crippen LogP contribution in [0.1, 0.15) is 162 Å². The van der Waals surface area contributed by atoms with Crippen LogP contribution in [0.25, 0.3) is 0 Å². The zero-order valence-electron chi connectivity index (χ0n) is 34.9. The number of unbranched alkanes of at least 4 members (excludes halogenated alkanes) is 13. The maximum atomic E-state index is 12.7. The van der Waals surface area contributed by atoms with Crippen LogP contribution in [-0.2, 0) is 28.6 Å². The van der Waals surface area contributed by atoms with Crippen LogP contribution in [0.5, 0.6) is 0 Å². The Morgan fingerprint density at radius 3 is 1.15 bits per heavy atom. The minimum atomic E-state index is -0.815. The minimum Gasteiger partial charge on any atom is -0.462 e. The second-order valence-corrected chi connectivity index (χ2v) is 13.7. The average Bonchev–Trinajstić information content (AvgIpc) is 3.18. The third kappa shape index (κ3) is 41.1. The molecule has 0 rings (SSSR count). The van der Waals surface area contributed by atoms with Gasteiger partial charge >= 0.3 is 17.9 Å². The van der Waals surface area contributed by atoms with E-state index in [4.69, 9.17) is 14.2 Å². The first-order valence-electron chi connectivity index (χ1n) is 21.5. The topological polar surface area (TPSA) is 78.9 Å². The molecule has 0 spiro atoms. The number of hydrogen-bond acceptors (Lipinski definition) is 6. The molecule has 0 radical (unpaired) electrons. The van der Waals surface area contributed by atoms with Crippen molar-refractivity contribution >= 4 is 17.9 Å². The maximum absolute atomic E-state index is 12.7. The molecule has 1 unspecified atom stereocenters. The zero-order valence-corrected chi connectivity index (χ0v) is 34.9. The first-order chi connectivity index (χ1) is 27.0. The van der Waals surface area contributed by atoms with Gasteiger partial charge in [-0.3, -0.25) is 14.4 Å². The molecule has 0 aliphatic heterocycles. The standard InChI is InChI=1S/C49H76O6/c1-4-7-10-13-16-19-22-24-27-30-33-36-39-42-48(51)54-45-46(44-53-47(50)41-38-35-32-29-26-21-18-15-12-9-6-3)55-49(52)43-40-37-34-31-28-25-23-20-17-14-11-8-5-2/h7-8,10-11,13-24,26-27,46H,4-6,9,12,25,28-45H2,1-3H3/b10-7-,11-8-,16-13-,17-14-,18-15-,22-19-,23-20-,26-21-,27-24-. The Labute approximate surface area is 336 Å². The number of carbonyl (C=O) groups excluding carboxylic acids is 3. The lowest BCUT2D eigenvalue weighted by molar-refractivity contribution is -0.167. The van der Waals surface area contributed by atoms with E-state index in [0.717, 1.165) is 109 Å². The highest BCUT2D eigenvalue weighted by Crippen LogP contribution is 2.11. The molecule has 0 N–H and O–H groups in total. The number of hydrogen-bond donors (Lipinski definition) is 0. The van der Waals surface area contributed by atoms with Crippen LogP contribution in [0.4, 0.5) is 0 Å². The van der Waals surface area contributed by atoms with E-state index in [2.05, 4.69) is 87.6 Å². The Bertz CT molecular complexity index is 1200. The molecule has 0 saturated heterocycles. The monoisotopic (exact) mass is 761 g/mol. The molecule has 0 aliphatic rings. The van der Waals surface area contributed by atoms with Gasteiger partial charge in [0.25, 0.3) is 0 Å². The van der Waals surface area contributed by atoms with Crippen LogP contribution in [-0.4, -0.2) is 37.2 Å². The van der Waals surface area contributed by atoms with Gasteiger partial charge < -0.3 is 14.2 Å². The lowest BCUT2D eigenvalue weighted by Gasteiger charge is -2.18. The van der Waals surface area contributed by atoms with E-state index < -0.39 is 6.10 Å². The van der Waals surface area contributed by atoms with E-state index in [1.165, 1.54) is 12.8 Å². The average molecular weight is 761 g/mol. The molecule has 0 bridgehead atoms. The van der Waals surface area contributed by atoms with Gasteiger partial charge in [0, 0.05) is 19.3 Å². The predicted molar refractivity (Wildman–Crippen MR) is 233 cm³/mol. The van der Waals surface area contributed by atoms with Crippen molar-refractivity contribution in [3.05, 3.63) is 109 Å². The highest BCUT2D eigenvalue weighted by Gasteiger charge is 2.19. The third-order valence-electron chi connectivity index (χ3n) is 8.43. The SMILES string of the molecule is CC\C=C/C=C\C=C/C=C\CCCCCC(=O)OCC(COC(=O)CCCCC/C=C\C=C/CCCC)OC(=O)CCCCCCC\C=C/C=C\C=C/CC.